The molecule has 1 amide bonds. The Morgan fingerprint density at radius 2 is 1.76 bits per heavy atom. The predicted molar refractivity (Wildman–Crippen MR) is 176 cm³/mol. The summed E-state index contributed by atoms with van der Waals surface area (Å²) < 4.78 is 25.3. The maximum absolute atomic E-state index is 14.5. The normalized spacial score (nSPS) is 11.0. The summed E-state index contributed by atoms with van der Waals surface area (Å²) in [7, 11) is 3.21. The summed E-state index contributed by atoms with van der Waals surface area (Å²) in [5.74, 6) is 1.56. The van der Waals surface area contributed by atoms with Crippen LogP contribution in [-0.4, -0.2) is 35.1 Å². The van der Waals surface area contributed by atoms with E-state index in [0.29, 0.717) is 62.2 Å². The zero-order valence-corrected chi connectivity index (χ0v) is 25.4. The number of aromatic nitrogens is 3. The number of fused-ring (bicyclic) bond motifs is 2. The molecule has 0 aliphatic heterocycles. The summed E-state index contributed by atoms with van der Waals surface area (Å²) in [4.78, 5) is 27.1. The van der Waals surface area contributed by atoms with Crippen molar-refractivity contribution in [2.45, 2.75) is 13.5 Å². The molecule has 0 unspecified atom stereocenters. The lowest BCUT2D eigenvalue weighted by Gasteiger charge is -2.16. The second-order valence-corrected chi connectivity index (χ2v) is 10.6. The Bertz CT molecular complexity index is 2070. The van der Waals surface area contributed by atoms with Crippen LogP contribution in [0, 0.1) is 12.7 Å². The lowest BCUT2D eigenvalue weighted by atomic mass is 10.0. The fraction of sp³-hybridized carbons (Fsp3) is 0.118. The number of carbonyl (C=O) groups is 1. The van der Waals surface area contributed by atoms with E-state index in [2.05, 4.69) is 30.9 Å². The summed E-state index contributed by atoms with van der Waals surface area (Å²) in [5.41, 5.74) is 3.42. The molecule has 226 valence electrons. The number of pyridine rings is 1. The number of hydrogen-bond donors (Lipinski definition) is 3. The van der Waals surface area contributed by atoms with Gasteiger partial charge in [0.05, 0.1) is 36.7 Å². The van der Waals surface area contributed by atoms with Crippen LogP contribution in [0.2, 0.25) is 5.02 Å². The van der Waals surface area contributed by atoms with E-state index < -0.39 is 5.82 Å². The van der Waals surface area contributed by atoms with Crippen LogP contribution in [-0.2, 0) is 6.54 Å². The minimum absolute atomic E-state index is 0.193. The third-order valence-corrected chi connectivity index (χ3v) is 7.66. The molecule has 0 aliphatic carbocycles. The van der Waals surface area contributed by atoms with E-state index in [1.54, 1.807) is 38.6 Å². The van der Waals surface area contributed by atoms with Crippen LogP contribution >= 0.6 is 11.6 Å². The van der Waals surface area contributed by atoms with Crippen molar-refractivity contribution in [3.05, 3.63) is 113 Å². The number of ether oxygens (including phenoxy) is 2. The molecule has 3 N–H and O–H groups in total. The third-order valence-electron chi connectivity index (χ3n) is 7.42. The molecule has 0 radical (unpaired) electrons. The number of amides is 1. The van der Waals surface area contributed by atoms with Crippen LogP contribution < -0.4 is 25.4 Å². The molecule has 45 heavy (non-hydrogen) atoms. The number of anilines is 4. The monoisotopic (exact) mass is 622 g/mol. The molecule has 0 saturated carbocycles. The topological polar surface area (TPSA) is 110 Å². The van der Waals surface area contributed by atoms with Gasteiger partial charge in [-0.3, -0.25) is 4.79 Å². The van der Waals surface area contributed by atoms with E-state index in [4.69, 9.17) is 21.1 Å². The Hall–Kier alpha value is -5.48. The van der Waals surface area contributed by atoms with Gasteiger partial charge in [0.2, 0.25) is 0 Å². The van der Waals surface area contributed by atoms with Crippen LogP contribution in [0.15, 0.2) is 85.3 Å². The van der Waals surface area contributed by atoms with E-state index in [9.17, 15) is 9.18 Å². The Kier molecular flexibility index (Phi) is 8.30. The molecule has 6 aromatic rings. The van der Waals surface area contributed by atoms with Crippen molar-refractivity contribution >= 4 is 62.2 Å². The van der Waals surface area contributed by atoms with E-state index in [1.807, 2.05) is 43.3 Å². The fourth-order valence-corrected chi connectivity index (χ4v) is 5.29. The quantitative estimate of drug-likeness (QED) is 0.149. The molecular weight excluding hydrogens is 595 g/mol. The molecule has 4 aromatic carbocycles. The number of halogens is 2. The molecule has 2 aromatic heterocycles. The van der Waals surface area contributed by atoms with Crippen LogP contribution in [0.25, 0.3) is 21.7 Å². The summed E-state index contributed by atoms with van der Waals surface area (Å²) in [5, 5.41) is 12.0. The number of benzene rings is 4. The minimum Gasteiger partial charge on any atom is -0.497 e. The van der Waals surface area contributed by atoms with Gasteiger partial charge in [0.25, 0.3) is 5.91 Å². The van der Waals surface area contributed by atoms with Gasteiger partial charge in [-0.05, 0) is 61.0 Å². The smallest absolute Gasteiger partial charge is 0.257 e. The van der Waals surface area contributed by atoms with Crippen molar-refractivity contribution in [3.8, 4) is 11.5 Å². The minimum atomic E-state index is -0.464. The van der Waals surface area contributed by atoms with E-state index in [1.165, 1.54) is 24.5 Å². The molecular formula is C34H28ClFN6O3. The molecule has 6 rings (SSSR count). The second-order valence-electron chi connectivity index (χ2n) is 10.2. The SMILES string of the molecule is COc1ccc(CNc2ncnc3c(C(=O)Nc4c(C)ccc5c(Nc6cc(Cl)ccc6F)nccc45)cccc23)c(OC)c1. The number of carbonyl (C=O) groups excluding carboxylic acids is 1. The van der Waals surface area contributed by atoms with E-state index in [0.717, 1.165) is 16.5 Å². The number of para-hydroxylation sites is 1. The molecule has 0 fully saturated rings. The first-order valence-corrected chi connectivity index (χ1v) is 14.3. The highest BCUT2D eigenvalue weighted by Crippen LogP contribution is 2.34. The summed E-state index contributed by atoms with van der Waals surface area (Å²) >= 11 is 6.09. The lowest BCUT2D eigenvalue weighted by Crippen LogP contribution is -2.14. The van der Waals surface area contributed by atoms with Gasteiger partial charge in [-0.15, -0.1) is 0 Å². The predicted octanol–water partition coefficient (Wildman–Crippen LogP) is 7.90. The fourth-order valence-electron chi connectivity index (χ4n) is 5.12. The Morgan fingerprint density at radius 3 is 2.58 bits per heavy atom. The summed E-state index contributed by atoms with van der Waals surface area (Å²) in [6, 6.07) is 20.8. The number of nitrogens with zero attached hydrogens (tertiary/aromatic N) is 3. The standard InChI is InChI=1S/C34H28ClFN6O3/c1-19-7-11-24-23(13-14-37-33(24)41-28-15-21(35)9-12-27(28)36)30(19)42-34(43)26-6-4-5-25-31(26)39-18-40-32(25)38-17-20-8-10-22(44-2)16-29(20)45-3/h4-16,18H,17H2,1-3H3,(H,37,41)(H,42,43)(H,38,39,40). The first-order chi connectivity index (χ1) is 21.9. The van der Waals surface area contributed by atoms with Gasteiger partial charge in [0.1, 0.15) is 35.3 Å². The zero-order chi connectivity index (χ0) is 31.5. The van der Waals surface area contributed by atoms with Crippen LogP contribution in [0.4, 0.5) is 27.4 Å². The summed E-state index contributed by atoms with van der Waals surface area (Å²) in [6.45, 7) is 2.33. The van der Waals surface area contributed by atoms with Crippen LogP contribution in [0.3, 0.4) is 0 Å². The van der Waals surface area contributed by atoms with Crippen molar-refractivity contribution in [1.82, 2.24) is 15.0 Å². The number of nitrogens with one attached hydrogen (secondary N) is 3. The van der Waals surface area contributed by atoms with Gasteiger partial charge in [-0.2, -0.15) is 0 Å². The highest BCUT2D eigenvalue weighted by Gasteiger charge is 2.18. The van der Waals surface area contributed by atoms with Crippen molar-refractivity contribution in [3.63, 3.8) is 0 Å². The number of aryl methyl sites for hydroxylation is 1. The third kappa shape index (κ3) is 6.00. The summed E-state index contributed by atoms with van der Waals surface area (Å²) in [6.07, 6.45) is 3.03. The average Bonchev–Trinajstić information content (AvgIpc) is 3.06. The molecule has 0 spiro atoms. The molecule has 0 saturated heterocycles. The first-order valence-electron chi connectivity index (χ1n) is 14.0. The maximum atomic E-state index is 14.5. The Balaban J connectivity index is 1.30. The Labute approximate surface area is 263 Å². The molecule has 11 heteroatoms. The van der Waals surface area contributed by atoms with Crippen LogP contribution in [0.5, 0.6) is 11.5 Å². The lowest BCUT2D eigenvalue weighted by molar-refractivity contribution is 0.102. The van der Waals surface area contributed by atoms with E-state index >= 15 is 0 Å². The van der Waals surface area contributed by atoms with Gasteiger partial charge >= 0.3 is 0 Å². The van der Waals surface area contributed by atoms with Gasteiger partial charge in [0.15, 0.2) is 0 Å². The molecule has 9 nitrogen and oxygen atoms in total. The largest absolute Gasteiger partial charge is 0.497 e. The Morgan fingerprint density at radius 1 is 0.889 bits per heavy atom. The molecule has 0 aliphatic rings. The average molecular weight is 623 g/mol. The van der Waals surface area contributed by atoms with Gasteiger partial charge in [-0.25, -0.2) is 19.3 Å². The maximum Gasteiger partial charge on any atom is 0.257 e. The van der Waals surface area contributed by atoms with Crippen molar-refractivity contribution in [2.24, 2.45) is 0 Å². The highest BCUT2D eigenvalue weighted by molar-refractivity contribution is 6.30. The number of methoxy groups -OCH3 is 2. The van der Waals surface area contributed by atoms with Crippen LogP contribution in [0.1, 0.15) is 21.5 Å². The van der Waals surface area contributed by atoms with Crippen molar-refractivity contribution in [2.75, 3.05) is 30.2 Å². The number of rotatable bonds is 9. The van der Waals surface area contributed by atoms with Gasteiger partial charge < -0.3 is 25.4 Å². The second kappa shape index (κ2) is 12.6. The molecule has 0 atom stereocenters. The zero-order valence-electron chi connectivity index (χ0n) is 24.6. The molecule has 0 bridgehead atoms. The highest BCUT2D eigenvalue weighted by atomic mass is 35.5. The van der Waals surface area contributed by atoms with E-state index in [-0.39, 0.29) is 11.6 Å². The first kappa shape index (κ1) is 29.6. The van der Waals surface area contributed by atoms with Gasteiger partial charge in [-0.1, -0.05) is 29.8 Å². The molecule has 2 heterocycles. The van der Waals surface area contributed by atoms with Crippen molar-refractivity contribution < 1.29 is 18.7 Å². The number of hydrogen-bond acceptors (Lipinski definition) is 8. The van der Waals surface area contributed by atoms with Gasteiger partial charge in [0, 0.05) is 45.6 Å². The van der Waals surface area contributed by atoms with Crippen molar-refractivity contribution in [1.29, 1.82) is 0 Å².